The first-order valence-electron chi connectivity index (χ1n) is 9.17. The highest BCUT2D eigenvalue weighted by atomic mass is 16.5. The molecule has 0 aliphatic carbocycles. The monoisotopic (exact) mass is 389 g/mol. The van der Waals surface area contributed by atoms with E-state index in [2.05, 4.69) is 25.5 Å². The molecule has 2 aromatic rings. The van der Waals surface area contributed by atoms with Crippen LogP contribution >= 0.6 is 0 Å². The summed E-state index contributed by atoms with van der Waals surface area (Å²) in [6.45, 7) is 1.63. The fourth-order valence-electron chi connectivity index (χ4n) is 4.23. The molecular formula is C16H23N9O3. The van der Waals surface area contributed by atoms with Crippen molar-refractivity contribution in [3.8, 4) is 0 Å². The number of imidazole rings is 1. The van der Waals surface area contributed by atoms with E-state index in [9.17, 15) is 9.59 Å². The summed E-state index contributed by atoms with van der Waals surface area (Å²) in [5, 5.41) is 10.8. The van der Waals surface area contributed by atoms with Gasteiger partial charge < -0.3 is 25.3 Å². The highest BCUT2D eigenvalue weighted by molar-refractivity contribution is 5.79. The number of hydrogen-bond acceptors (Lipinski definition) is 8. The van der Waals surface area contributed by atoms with E-state index >= 15 is 0 Å². The number of amides is 2. The number of H-pyrrole nitrogens is 1. The number of fused-ring (bicyclic) bond motifs is 2. The molecule has 1 fully saturated rings. The van der Waals surface area contributed by atoms with Gasteiger partial charge in [-0.3, -0.25) is 9.59 Å². The van der Waals surface area contributed by atoms with Crippen molar-refractivity contribution in [2.45, 2.75) is 31.3 Å². The zero-order valence-electron chi connectivity index (χ0n) is 15.7. The van der Waals surface area contributed by atoms with E-state index in [0.717, 1.165) is 17.8 Å². The summed E-state index contributed by atoms with van der Waals surface area (Å²) in [7, 11) is 1.51. The van der Waals surface area contributed by atoms with Crippen LogP contribution in [-0.4, -0.2) is 85.1 Å². The third kappa shape index (κ3) is 2.99. The Bertz CT molecular complexity index is 868. The van der Waals surface area contributed by atoms with Crippen molar-refractivity contribution in [1.29, 1.82) is 0 Å². The number of aromatic amines is 1. The quantitative estimate of drug-likeness (QED) is 0.644. The van der Waals surface area contributed by atoms with Crippen LogP contribution in [0.5, 0.6) is 0 Å². The van der Waals surface area contributed by atoms with Gasteiger partial charge in [0.2, 0.25) is 17.8 Å². The Hall–Kier alpha value is -3.02. The maximum absolute atomic E-state index is 12.7. The van der Waals surface area contributed by atoms with E-state index in [1.807, 2.05) is 4.90 Å². The van der Waals surface area contributed by atoms with E-state index in [4.69, 9.17) is 10.5 Å². The number of ether oxygens (including phenoxy) is 1. The van der Waals surface area contributed by atoms with Crippen LogP contribution in [0.4, 0.5) is 5.95 Å². The molecule has 12 nitrogen and oxygen atoms in total. The van der Waals surface area contributed by atoms with Crippen molar-refractivity contribution in [2.75, 3.05) is 39.1 Å². The maximum Gasteiger partial charge on any atom is 0.249 e. The molecule has 28 heavy (non-hydrogen) atoms. The van der Waals surface area contributed by atoms with Crippen molar-refractivity contribution < 1.29 is 14.3 Å². The van der Waals surface area contributed by atoms with Gasteiger partial charge >= 0.3 is 0 Å². The first-order valence-corrected chi connectivity index (χ1v) is 9.17. The number of carbonyl (C=O) groups excluding carboxylic acids is 2. The fourth-order valence-corrected chi connectivity index (χ4v) is 4.23. The van der Waals surface area contributed by atoms with Crippen molar-refractivity contribution >= 4 is 17.8 Å². The van der Waals surface area contributed by atoms with Crippen molar-refractivity contribution in [1.82, 2.24) is 40.0 Å². The maximum atomic E-state index is 12.7. The first-order chi connectivity index (χ1) is 13.5. The standard InChI is InChI=1S/C16H23N9O3/c1-28-9-13(27)24-5-2-11-14(19-10-18-11)16(24)3-6-23(7-4-16)12(26)8-25-15(17)20-21-22-25/h10H,2-9H2,1H3,(H,18,19)(H2,17,20,22). The molecule has 0 atom stereocenters. The second-order valence-corrected chi connectivity index (χ2v) is 7.07. The van der Waals surface area contributed by atoms with E-state index in [0.29, 0.717) is 32.5 Å². The molecule has 0 unspecified atom stereocenters. The average molecular weight is 389 g/mol. The molecule has 4 rings (SSSR count). The number of aromatic nitrogens is 6. The van der Waals surface area contributed by atoms with Gasteiger partial charge in [0.1, 0.15) is 13.2 Å². The highest BCUT2D eigenvalue weighted by Gasteiger charge is 2.49. The molecule has 2 aromatic heterocycles. The molecule has 4 heterocycles. The number of nitrogens with zero attached hydrogens (tertiary/aromatic N) is 7. The molecule has 0 saturated carbocycles. The molecular weight excluding hydrogens is 366 g/mol. The smallest absolute Gasteiger partial charge is 0.249 e. The van der Waals surface area contributed by atoms with Crippen LogP contribution in [0.15, 0.2) is 6.33 Å². The molecule has 0 bridgehead atoms. The van der Waals surface area contributed by atoms with Crippen LogP contribution in [0.25, 0.3) is 0 Å². The number of carbonyl (C=O) groups is 2. The minimum absolute atomic E-state index is 0.00813. The number of nitrogens with one attached hydrogen (secondary N) is 1. The molecule has 2 amide bonds. The molecule has 1 spiro atoms. The molecule has 12 heteroatoms. The zero-order chi connectivity index (χ0) is 19.7. The lowest BCUT2D eigenvalue weighted by molar-refractivity contribution is -0.148. The Labute approximate surface area is 161 Å². The van der Waals surface area contributed by atoms with Crippen molar-refractivity contribution in [3.63, 3.8) is 0 Å². The van der Waals surface area contributed by atoms with E-state index < -0.39 is 5.54 Å². The van der Waals surface area contributed by atoms with Gasteiger partial charge in [-0.25, -0.2) is 9.67 Å². The van der Waals surface area contributed by atoms with Crippen LogP contribution in [0.3, 0.4) is 0 Å². The van der Waals surface area contributed by atoms with E-state index in [1.165, 1.54) is 11.8 Å². The minimum Gasteiger partial charge on any atom is -0.375 e. The number of nitrogens with two attached hydrogens (primary N) is 1. The minimum atomic E-state index is -0.520. The Morgan fingerprint density at radius 3 is 2.75 bits per heavy atom. The van der Waals surface area contributed by atoms with Gasteiger partial charge in [-0.15, -0.1) is 0 Å². The molecule has 1 saturated heterocycles. The largest absolute Gasteiger partial charge is 0.375 e. The Morgan fingerprint density at radius 2 is 2.07 bits per heavy atom. The summed E-state index contributed by atoms with van der Waals surface area (Å²) in [5.74, 6) is -0.0642. The van der Waals surface area contributed by atoms with Gasteiger partial charge in [-0.05, 0) is 23.3 Å². The van der Waals surface area contributed by atoms with Crippen molar-refractivity contribution in [3.05, 3.63) is 17.7 Å². The lowest BCUT2D eigenvalue weighted by Crippen LogP contribution is -2.59. The number of piperidine rings is 1. The Kier molecular flexibility index (Phi) is 4.71. The molecule has 0 radical (unpaired) electrons. The van der Waals surface area contributed by atoms with Gasteiger partial charge in [0.05, 0.1) is 17.6 Å². The molecule has 150 valence electrons. The Morgan fingerprint density at radius 1 is 1.29 bits per heavy atom. The third-order valence-electron chi connectivity index (χ3n) is 5.62. The van der Waals surface area contributed by atoms with E-state index in [-0.39, 0.29) is 30.9 Å². The normalized spacial score (nSPS) is 18.3. The van der Waals surface area contributed by atoms with Gasteiger partial charge in [0.25, 0.3) is 0 Å². The summed E-state index contributed by atoms with van der Waals surface area (Å²) >= 11 is 0. The topological polar surface area (TPSA) is 148 Å². The van der Waals surface area contributed by atoms with Crippen LogP contribution in [0.1, 0.15) is 24.2 Å². The average Bonchev–Trinajstić information content (AvgIpc) is 3.33. The van der Waals surface area contributed by atoms with Gasteiger partial charge in [-0.2, -0.15) is 0 Å². The number of methoxy groups -OCH3 is 1. The summed E-state index contributed by atoms with van der Waals surface area (Å²) in [4.78, 5) is 36.7. The molecule has 0 aromatic carbocycles. The van der Waals surface area contributed by atoms with Crippen LogP contribution in [-0.2, 0) is 32.8 Å². The summed E-state index contributed by atoms with van der Waals surface area (Å²) < 4.78 is 6.34. The first kappa shape index (κ1) is 18.3. The highest BCUT2D eigenvalue weighted by Crippen LogP contribution is 2.42. The van der Waals surface area contributed by atoms with Gasteiger partial charge in [0.15, 0.2) is 0 Å². The Balaban J connectivity index is 1.52. The fraction of sp³-hybridized carbons (Fsp3) is 0.625. The van der Waals surface area contributed by atoms with Crippen LogP contribution in [0, 0.1) is 0 Å². The number of anilines is 1. The SMILES string of the molecule is COCC(=O)N1CCc2[nH]cnc2C12CCN(C(=O)Cn1nnnc1N)CC2. The second-order valence-electron chi connectivity index (χ2n) is 7.07. The zero-order valence-corrected chi connectivity index (χ0v) is 15.7. The number of nitrogen functional groups attached to an aromatic ring is 1. The van der Waals surface area contributed by atoms with E-state index in [1.54, 1.807) is 11.2 Å². The molecule has 2 aliphatic rings. The number of tetrazole rings is 1. The van der Waals surface area contributed by atoms with Gasteiger partial charge in [-0.1, -0.05) is 5.10 Å². The lowest BCUT2D eigenvalue weighted by atomic mass is 9.78. The van der Waals surface area contributed by atoms with Crippen LogP contribution < -0.4 is 5.73 Å². The molecule has 3 N–H and O–H groups in total. The molecule has 2 aliphatic heterocycles. The second kappa shape index (κ2) is 7.19. The summed E-state index contributed by atoms with van der Waals surface area (Å²) in [6, 6.07) is 0. The predicted molar refractivity (Wildman–Crippen MR) is 95.6 cm³/mol. The summed E-state index contributed by atoms with van der Waals surface area (Å²) in [6.07, 6.45) is 3.62. The summed E-state index contributed by atoms with van der Waals surface area (Å²) in [5.41, 5.74) is 7.08. The number of rotatable bonds is 4. The number of likely N-dealkylation sites (tertiary alicyclic amines) is 1. The lowest BCUT2D eigenvalue weighted by Gasteiger charge is -2.50. The third-order valence-corrected chi connectivity index (χ3v) is 5.62. The predicted octanol–water partition coefficient (Wildman–Crippen LogP) is -1.47. The number of hydrogen-bond donors (Lipinski definition) is 2. The van der Waals surface area contributed by atoms with Crippen LogP contribution in [0.2, 0.25) is 0 Å². The van der Waals surface area contributed by atoms with Crippen molar-refractivity contribution in [2.24, 2.45) is 0 Å². The van der Waals surface area contributed by atoms with Gasteiger partial charge in [0, 0.05) is 38.9 Å².